The topological polar surface area (TPSA) is 135 Å². The molecule has 0 bridgehead atoms. The molecule has 3 heterocycles. The minimum absolute atomic E-state index is 0.0690. The van der Waals surface area contributed by atoms with E-state index in [0.717, 1.165) is 18.5 Å². The van der Waals surface area contributed by atoms with Crippen LogP contribution in [0.4, 0.5) is 0 Å². The van der Waals surface area contributed by atoms with Crippen molar-refractivity contribution < 1.29 is 19.4 Å². The molecule has 11 nitrogen and oxygen atoms in total. The molecule has 11 heteroatoms. The second-order valence-corrected chi connectivity index (χ2v) is 10.8. The summed E-state index contributed by atoms with van der Waals surface area (Å²) in [7, 11) is 0. The number of hydrogen-bond donors (Lipinski definition) is 2. The van der Waals surface area contributed by atoms with E-state index in [1.165, 1.54) is 4.90 Å². The highest BCUT2D eigenvalue weighted by Gasteiger charge is 2.45. The molecule has 0 unspecified atom stereocenters. The van der Waals surface area contributed by atoms with Gasteiger partial charge < -0.3 is 20.1 Å². The summed E-state index contributed by atoms with van der Waals surface area (Å²) >= 11 is 0. The monoisotopic (exact) mass is 485 g/mol. The second kappa shape index (κ2) is 9.88. The quantitative estimate of drug-likeness (QED) is 0.576. The average Bonchev–Trinajstić information content (AvgIpc) is 3.38. The van der Waals surface area contributed by atoms with Gasteiger partial charge in [0.15, 0.2) is 0 Å². The Morgan fingerprint density at radius 1 is 1.29 bits per heavy atom. The smallest absolute Gasteiger partial charge is 0.316 e. The Hall–Kier alpha value is -3.08. The molecule has 1 aliphatic heterocycles. The summed E-state index contributed by atoms with van der Waals surface area (Å²) in [4.78, 5) is 36.8. The zero-order valence-electron chi connectivity index (χ0n) is 21.0. The number of aliphatic hydroxyl groups excluding tert-OH is 1. The zero-order valence-corrected chi connectivity index (χ0v) is 21.0. The Labute approximate surface area is 205 Å². The van der Waals surface area contributed by atoms with Crippen LogP contribution in [0.5, 0.6) is 6.01 Å². The third-order valence-electron chi connectivity index (χ3n) is 6.18. The Kier molecular flexibility index (Phi) is 7.07. The minimum atomic E-state index is -0.790. The number of nitrogens with zero attached hydrogens (tertiary/aromatic N) is 6. The average molecular weight is 486 g/mol. The SMILES string of the molecule is CC(C)Oc1nccc(CNC(=O)[C@@H]2C[C@@H](O)CN2C(=O)[C@@H](n2cc(C3CC3)nn2)C(C)(C)C)n1. The van der Waals surface area contributed by atoms with Gasteiger partial charge >= 0.3 is 6.01 Å². The summed E-state index contributed by atoms with van der Waals surface area (Å²) in [6, 6.07) is 0.492. The van der Waals surface area contributed by atoms with Crippen molar-refractivity contribution in [1.29, 1.82) is 0 Å². The van der Waals surface area contributed by atoms with Crippen molar-refractivity contribution in [3.8, 4) is 6.01 Å². The number of β-amino-alcohol motifs (C(OH)–C–C–N with tert-alkyl or cyclic N) is 1. The van der Waals surface area contributed by atoms with E-state index in [4.69, 9.17) is 4.74 Å². The summed E-state index contributed by atoms with van der Waals surface area (Å²) in [5, 5.41) is 21.7. The predicted molar refractivity (Wildman–Crippen MR) is 126 cm³/mol. The van der Waals surface area contributed by atoms with E-state index in [-0.39, 0.29) is 43.4 Å². The van der Waals surface area contributed by atoms with Crippen molar-refractivity contribution in [1.82, 2.24) is 35.2 Å². The lowest BCUT2D eigenvalue weighted by molar-refractivity contribution is -0.144. The van der Waals surface area contributed by atoms with Gasteiger partial charge in [-0.2, -0.15) is 4.98 Å². The third-order valence-corrected chi connectivity index (χ3v) is 6.18. The Balaban J connectivity index is 1.47. The lowest BCUT2D eigenvalue weighted by atomic mass is 9.85. The molecule has 2 amide bonds. The Bertz CT molecular complexity index is 1060. The van der Waals surface area contributed by atoms with Crippen LogP contribution in [0.15, 0.2) is 18.5 Å². The van der Waals surface area contributed by atoms with Crippen LogP contribution in [0.1, 0.15) is 77.2 Å². The summed E-state index contributed by atoms with van der Waals surface area (Å²) in [6.45, 7) is 9.89. The van der Waals surface area contributed by atoms with E-state index in [1.54, 1.807) is 16.9 Å². The van der Waals surface area contributed by atoms with Crippen LogP contribution in [-0.4, -0.2) is 71.6 Å². The molecule has 2 aromatic rings. The van der Waals surface area contributed by atoms with Gasteiger partial charge in [0.2, 0.25) is 11.8 Å². The van der Waals surface area contributed by atoms with Gasteiger partial charge in [-0.05, 0) is 38.2 Å². The molecule has 3 atom stereocenters. The molecule has 0 aromatic carbocycles. The predicted octanol–water partition coefficient (Wildman–Crippen LogP) is 1.60. The van der Waals surface area contributed by atoms with Crippen LogP contribution >= 0.6 is 0 Å². The van der Waals surface area contributed by atoms with Crippen LogP contribution in [0.2, 0.25) is 0 Å². The molecule has 0 radical (unpaired) electrons. The van der Waals surface area contributed by atoms with Gasteiger partial charge in [-0.3, -0.25) is 9.59 Å². The standard InChI is InChI=1S/C24H35N7O4/c1-14(2)35-23-25-9-8-16(27-23)11-26-21(33)19-10-17(32)12-30(19)22(34)20(24(3,4)5)31-13-18(28-29-31)15-6-7-15/h8-9,13-15,17,19-20,32H,6-7,10-12H2,1-5H3,(H,26,33)/t17-,19+,20-/m1/s1. The maximum atomic E-state index is 13.8. The Morgan fingerprint density at radius 3 is 2.69 bits per heavy atom. The van der Waals surface area contributed by atoms with Gasteiger partial charge in [0.1, 0.15) is 12.1 Å². The van der Waals surface area contributed by atoms with Gasteiger partial charge in [-0.25, -0.2) is 9.67 Å². The highest BCUT2D eigenvalue weighted by molar-refractivity contribution is 5.90. The second-order valence-electron chi connectivity index (χ2n) is 10.8. The largest absolute Gasteiger partial charge is 0.461 e. The van der Waals surface area contributed by atoms with E-state index in [9.17, 15) is 14.7 Å². The fraction of sp³-hybridized carbons (Fsp3) is 0.667. The van der Waals surface area contributed by atoms with Gasteiger partial charge in [-0.1, -0.05) is 26.0 Å². The number of ether oxygens (including phenoxy) is 1. The highest BCUT2D eigenvalue weighted by Crippen LogP contribution is 2.40. The summed E-state index contributed by atoms with van der Waals surface area (Å²) < 4.78 is 7.13. The van der Waals surface area contributed by atoms with E-state index in [1.807, 2.05) is 40.8 Å². The fourth-order valence-electron chi connectivity index (χ4n) is 4.36. The van der Waals surface area contributed by atoms with Gasteiger partial charge in [0.05, 0.1) is 30.1 Å². The minimum Gasteiger partial charge on any atom is -0.461 e. The molecule has 2 aliphatic rings. The van der Waals surface area contributed by atoms with Crippen LogP contribution in [0.25, 0.3) is 0 Å². The molecule has 35 heavy (non-hydrogen) atoms. The number of amides is 2. The maximum Gasteiger partial charge on any atom is 0.316 e. The summed E-state index contributed by atoms with van der Waals surface area (Å²) in [5.74, 6) is -0.180. The molecule has 1 saturated carbocycles. The maximum absolute atomic E-state index is 13.8. The number of carbonyl (C=O) groups is 2. The number of carbonyl (C=O) groups excluding carboxylic acids is 2. The van der Waals surface area contributed by atoms with E-state index in [0.29, 0.717) is 11.6 Å². The first kappa shape index (κ1) is 25.0. The lowest BCUT2D eigenvalue weighted by Gasteiger charge is -2.34. The van der Waals surface area contributed by atoms with Gasteiger partial charge in [0.25, 0.3) is 0 Å². The van der Waals surface area contributed by atoms with Crippen molar-refractivity contribution in [3.05, 3.63) is 29.8 Å². The number of aliphatic hydroxyl groups is 1. The molecule has 2 N–H and O–H groups in total. The Morgan fingerprint density at radius 2 is 2.03 bits per heavy atom. The van der Waals surface area contributed by atoms with Crippen molar-refractivity contribution in [2.45, 2.75) is 90.6 Å². The summed E-state index contributed by atoms with van der Waals surface area (Å²) in [6.07, 6.45) is 4.92. The van der Waals surface area contributed by atoms with E-state index < -0.39 is 23.6 Å². The number of likely N-dealkylation sites (tertiary alicyclic amines) is 1. The van der Waals surface area contributed by atoms with Crippen LogP contribution in [0, 0.1) is 5.41 Å². The van der Waals surface area contributed by atoms with Crippen molar-refractivity contribution >= 4 is 11.8 Å². The van der Waals surface area contributed by atoms with E-state index >= 15 is 0 Å². The molecule has 190 valence electrons. The number of rotatable bonds is 8. The van der Waals surface area contributed by atoms with Crippen LogP contribution in [-0.2, 0) is 16.1 Å². The first-order valence-electron chi connectivity index (χ1n) is 12.2. The first-order chi connectivity index (χ1) is 16.5. The number of aromatic nitrogens is 5. The first-order valence-corrected chi connectivity index (χ1v) is 12.2. The van der Waals surface area contributed by atoms with Crippen LogP contribution < -0.4 is 10.1 Å². The third kappa shape index (κ3) is 5.95. The fourth-order valence-corrected chi connectivity index (χ4v) is 4.36. The molecular weight excluding hydrogens is 450 g/mol. The lowest BCUT2D eigenvalue weighted by Crippen LogP contribution is -2.50. The van der Waals surface area contributed by atoms with Crippen molar-refractivity contribution in [2.75, 3.05) is 6.54 Å². The van der Waals surface area contributed by atoms with Gasteiger partial charge in [0, 0.05) is 31.3 Å². The summed E-state index contributed by atoms with van der Waals surface area (Å²) in [5.41, 5.74) is 1.00. The molecule has 4 rings (SSSR count). The number of nitrogens with one attached hydrogen (secondary N) is 1. The van der Waals surface area contributed by atoms with Crippen molar-refractivity contribution in [2.24, 2.45) is 5.41 Å². The molecule has 2 fully saturated rings. The van der Waals surface area contributed by atoms with E-state index in [2.05, 4.69) is 25.6 Å². The normalized spacial score (nSPS) is 21.3. The zero-order chi connectivity index (χ0) is 25.3. The number of hydrogen-bond acceptors (Lipinski definition) is 8. The van der Waals surface area contributed by atoms with Crippen LogP contribution in [0.3, 0.4) is 0 Å². The highest BCUT2D eigenvalue weighted by atomic mass is 16.5. The molecule has 1 aliphatic carbocycles. The molecule has 1 saturated heterocycles. The van der Waals surface area contributed by atoms with Gasteiger partial charge in [-0.15, -0.1) is 5.10 Å². The van der Waals surface area contributed by atoms with Crippen molar-refractivity contribution in [3.63, 3.8) is 0 Å². The molecule has 2 aromatic heterocycles. The molecular formula is C24H35N7O4. The molecule has 0 spiro atoms.